The van der Waals surface area contributed by atoms with Gasteiger partial charge in [-0.3, -0.25) is 14.4 Å². The zero-order valence-corrected chi connectivity index (χ0v) is 11.0. The number of Topliss-reactive ketones (excluding diaryl/α,β-unsaturated/α-hetero) is 1. The van der Waals surface area contributed by atoms with E-state index in [1.165, 1.54) is 12.1 Å². The van der Waals surface area contributed by atoms with Gasteiger partial charge in [-0.2, -0.15) is 0 Å². The van der Waals surface area contributed by atoms with Gasteiger partial charge in [0.15, 0.2) is 19.2 Å². The smallest absolute Gasteiger partial charge is 0.232 e. The highest BCUT2D eigenvalue weighted by atomic mass is 16.5. The molecule has 0 radical (unpaired) electrons. The van der Waals surface area contributed by atoms with Gasteiger partial charge in [-0.25, -0.2) is 0 Å². The molecule has 2 aromatic rings. The van der Waals surface area contributed by atoms with Crippen molar-refractivity contribution in [3.05, 3.63) is 54.1 Å². The SMILES string of the molecule is O=CC(=O)COc1ccc(Oc2ccccc2)cc1C=O. The molecule has 2 rings (SSSR count). The molecule has 0 aromatic heterocycles. The van der Waals surface area contributed by atoms with Gasteiger partial charge < -0.3 is 9.47 Å². The van der Waals surface area contributed by atoms with E-state index in [1.807, 2.05) is 18.2 Å². The predicted molar refractivity (Wildman–Crippen MR) is 74.9 cm³/mol. The number of rotatable bonds is 7. The number of ether oxygens (including phenoxy) is 2. The Morgan fingerprint density at radius 3 is 2.43 bits per heavy atom. The van der Waals surface area contributed by atoms with Gasteiger partial charge in [0.1, 0.15) is 17.2 Å². The van der Waals surface area contributed by atoms with Crippen LogP contribution in [-0.2, 0) is 9.59 Å². The van der Waals surface area contributed by atoms with E-state index in [0.29, 0.717) is 17.8 Å². The fraction of sp³-hybridized carbons (Fsp3) is 0.0625. The summed E-state index contributed by atoms with van der Waals surface area (Å²) in [5, 5.41) is 0. The highest BCUT2D eigenvalue weighted by Crippen LogP contribution is 2.26. The molecule has 5 heteroatoms. The number of ketones is 1. The van der Waals surface area contributed by atoms with Gasteiger partial charge in [-0.15, -0.1) is 0 Å². The Labute approximate surface area is 121 Å². The van der Waals surface area contributed by atoms with E-state index in [-0.39, 0.29) is 17.6 Å². The van der Waals surface area contributed by atoms with Crippen molar-refractivity contribution >= 4 is 18.4 Å². The molecule has 0 N–H and O–H groups in total. The van der Waals surface area contributed by atoms with Crippen molar-refractivity contribution in [2.75, 3.05) is 6.61 Å². The first-order chi connectivity index (χ1) is 10.2. The number of carbonyl (C=O) groups is 3. The zero-order chi connectivity index (χ0) is 15.1. The Hall–Kier alpha value is -2.95. The van der Waals surface area contributed by atoms with Crippen LogP contribution in [0.4, 0.5) is 0 Å². The van der Waals surface area contributed by atoms with Gasteiger partial charge in [-0.1, -0.05) is 18.2 Å². The minimum Gasteiger partial charge on any atom is -0.485 e. The van der Waals surface area contributed by atoms with Crippen molar-refractivity contribution in [3.8, 4) is 17.2 Å². The van der Waals surface area contributed by atoms with Crippen LogP contribution < -0.4 is 9.47 Å². The standard InChI is InChI=1S/C16H12O5/c17-9-12-8-15(21-14-4-2-1-3-5-14)6-7-16(12)20-11-13(19)10-18/h1-10H,11H2. The maximum Gasteiger partial charge on any atom is 0.232 e. The van der Waals surface area contributed by atoms with Crippen LogP contribution in [0.15, 0.2) is 48.5 Å². The molecule has 0 fully saturated rings. The maximum absolute atomic E-state index is 11.1. The second-order valence-electron chi connectivity index (χ2n) is 4.11. The summed E-state index contributed by atoms with van der Waals surface area (Å²) >= 11 is 0. The molecule has 0 saturated heterocycles. The molecular formula is C16H12O5. The van der Waals surface area contributed by atoms with E-state index in [4.69, 9.17) is 9.47 Å². The molecule has 0 aliphatic carbocycles. The Morgan fingerprint density at radius 2 is 1.76 bits per heavy atom. The first-order valence-corrected chi connectivity index (χ1v) is 6.16. The van der Waals surface area contributed by atoms with Crippen molar-refractivity contribution in [2.24, 2.45) is 0 Å². The Kier molecular flexibility index (Phi) is 4.82. The fourth-order valence-electron chi connectivity index (χ4n) is 1.62. The molecule has 2 aromatic carbocycles. The topological polar surface area (TPSA) is 69.7 Å². The second kappa shape index (κ2) is 7.00. The molecule has 0 heterocycles. The first kappa shape index (κ1) is 14.5. The summed E-state index contributed by atoms with van der Waals surface area (Å²) in [7, 11) is 0. The Morgan fingerprint density at radius 1 is 1.00 bits per heavy atom. The molecule has 0 unspecified atom stereocenters. The first-order valence-electron chi connectivity index (χ1n) is 6.16. The van der Waals surface area contributed by atoms with Crippen molar-refractivity contribution in [1.29, 1.82) is 0 Å². The number of benzene rings is 2. The Balaban J connectivity index is 2.14. The largest absolute Gasteiger partial charge is 0.485 e. The summed E-state index contributed by atoms with van der Waals surface area (Å²) in [4.78, 5) is 32.2. The van der Waals surface area contributed by atoms with Gasteiger partial charge in [0.25, 0.3) is 0 Å². The molecule has 0 spiro atoms. The number of para-hydroxylation sites is 1. The Bertz CT molecular complexity index is 649. The monoisotopic (exact) mass is 284 g/mol. The summed E-state index contributed by atoms with van der Waals surface area (Å²) < 4.78 is 10.7. The summed E-state index contributed by atoms with van der Waals surface area (Å²) in [5.74, 6) is 0.633. The van der Waals surface area contributed by atoms with E-state index in [2.05, 4.69) is 0 Å². The molecule has 5 nitrogen and oxygen atoms in total. The van der Waals surface area contributed by atoms with E-state index in [1.54, 1.807) is 18.2 Å². The number of hydrogen-bond donors (Lipinski definition) is 0. The van der Waals surface area contributed by atoms with E-state index >= 15 is 0 Å². The highest BCUT2D eigenvalue weighted by Gasteiger charge is 2.08. The molecular weight excluding hydrogens is 272 g/mol. The number of aldehydes is 2. The summed E-state index contributed by atoms with van der Waals surface area (Å²) in [6.45, 7) is -0.400. The average molecular weight is 284 g/mol. The lowest BCUT2D eigenvalue weighted by Crippen LogP contribution is -2.12. The molecule has 0 amide bonds. The van der Waals surface area contributed by atoms with Crippen LogP contribution in [0.5, 0.6) is 17.2 Å². The third-order valence-corrected chi connectivity index (χ3v) is 2.59. The summed E-state index contributed by atoms with van der Waals surface area (Å²) in [5.41, 5.74) is 0.238. The lowest BCUT2D eigenvalue weighted by atomic mass is 10.2. The van der Waals surface area contributed by atoms with Gasteiger partial charge >= 0.3 is 0 Å². The molecule has 0 bridgehead atoms. The molecule has 0 saturated carbocycles. The average Bonchev–Trinajstić information content (AvgIpc) is 2.54. The van der Waals surface area contributed by atoms with Crippen LogP contribution in [0.1, 0.15) is 10.4 Å². The van der Waals surface area contributed by atoms with Crippen LogP contribution in [0.25, 0.3) is 0 Å². The van der Waals surface area contributed by atoms with Gasteiger partial charge in [0.05, 0.1) is 5.56 Å². The molecule has 0 aliphatic heterocycles. The van der Waals surface area contributed by atoms with E-state index < -0.39 is 12.4 Å². The maximum atomic E-state index is 11.1. The third kappa shape index (κ3) is 4.01. The molecule has 21 heavy (non-hydrogen) atoms. The molecule has 0 atom stereocenters. The minimum atomic E-state index is -0.698. The van der Waals surface area contributed by atoms with Crippen LogP contribution in [0, 0.1) is 0 Å². The fourth-order valence-corrected chi connectivity index (χ4v) is 1.62. The quantitative estimate of drug-likeness (QED) is 0.577. The van der Waals surface area contributed by atoms with Crippen LogP contribution in [-0.4, -0.2) is 25.0 Å². The normalized spacial score (nSPS) is 9.71. The molecule has 106 valence electrons. The second-order valence-corrected chi connectivity index (χ2v) is 4.11. The number of hydrogen-bond acceptors (Lipinski definition) is 5. The summed E-state index contributed by atoms with van der Waals surface area (Å²) in [6.07, 6.45) is 0.770. The van der Waals surface area contributed by atoms with Crippen molar-refractivity contribution in [1.82, 2.24) is 0 Å². The van der Waals surface area contributed by atoms with Gasteiger partial charge in [-0.05, 0) is 30.3 Å². The van der Waals surface area contributed by atoms with E-state index in [0.717, 1.165) is 0 Å². The van der Waals surface area contributed by atoms with Crippen molar-refractivity contribution in [3.63, 3.8) is 0 Å². The minimum absolute atomic E-state index is 0.174. The zero-order valence-electron chi connectivity index (χ0n) is 11.0. The van der Waals surface area contributed by atoms with Crippen molar-refractivity contribution < 1.29 is 23.9 Å². The predicted octanol–water partition coefficient (Wildman–Crippen LogP) is 2.44. The highest BCUT2D eigenvalue weighted by molar-refractivity contribution is 6.25. The van der Waals surface area contributed by atoms with Crippen molar-refractivity contribution in [2.45, 2.75) is 0 Å². The third-order valence-electron chi connectivity index (χ3n) is 2.59. The van der Waals surface area contributed by atoms with Crippen LogP contribution in [0.3, 0.4) is 0 Å². The van der Waals surface area contributed by atoms with Gasteiger partial charge in [0.2, 0.25) is 5.78 Å². The lowest BCUT2D eigenvalue weighted by molar-refractivity contribution is -0.131. The van der Waals surface area contributed by atoms with Crippen LogP contribution >= 0.6 is 0 Å². The summed E-state index contributed by atoms with van der Waals surface area (Å²) in [6, 6.07) is 13.7. The number of carbonyl (C=O) groups excluding carboxylic acids is 3. The van der Waals surface area contributed by atoms with Crippen LogP contribution in [0.2, 0.25) is 0 Å². The molecule has 0 aliphatic rings. The van der Waals surface area contributed by atoms with Gasteiger partial charge in [0, 0.05) is 0 Å². The van der Waals surface area contributed by atoms with E-state index in [9.17, 15) is 14.4 Å². The lowest BCUT2D eigenvalue weighted by Gasteiger charge is -2.09.